The fourth-order valence-electron chi connectivity index (χ4n) is 1.85. The van der Waals surface area contributed by atoms with Crippen LogP contribution < -0.4 is 0 Å². The third-order valence-corrected chi connectivity index (χ3v) is 2.47. The highest BCUT2D eigenvalue weighted by atomic mass is 16.3. The van der Waals surface area contributed by atoms with Crippen LogP contribution in [0.3, 0.4) is 0 Å². The van der Waals surface area contributed by atoms with E-state index in [1.54, 1.807) is 12.4 Å². The summed E-state index contributed by atoms with van der Waals surface area (Å²) in [5.74, 6) is 0.243. The summed E-state index contributed by atoms with van der Waals surface area (Å²) in [7, 11) is 0. The number of aromatic nitrogens is 3. The van der Waals surface area contributed by atoms with Crippen LogP contribution in [0.1, 0.15) is 5.69 Å². The second-order valence-electron chi connectivity index (χ2n) is 3.54. The van der Waals surface area contributed by atoms with Gasteiger partial charge in [0, 0.05) is 11.8 Å². The van der Waals surface area contributed by atoms with Crippen molar-refractivity contribution in [2.45, 2.75) is 6.92 Å². The standard InChI is InChI=1S/C11H9N3O/c1-6-4-9(15)10-7(14-6)2-3-8-11(10)13-5-12-8/h2-5H,1H3,(H,12,13)(H,14,15). The van der Waals surface area contributed by atoms with Crippen LogP contribution in [0.2, 0.25) is 0 Å². The van der Waals surface area contributed by atoms with E-state index in [1.807, 2.05) is 19.1 Å². The molecule has 15 heavy (non-hydrogen) atoms. The molecule has 0 atom stereocenters. The molecular formula is C11H9N3O. The van der Waals surface area contributed by atoms with E-state index in [9.17, 15) is 5.11 Å². The maximum absolute atomic E-state index is 9.88. The topological polar surface area (TPSA) is 61.8 Å². The lowest BCUT2D eigenvalue weighted by Gasteiger charge is -2.02. The van der Waals surface area contributed by atoms with Crippen molar-refractivity contribution in [1.82, 2.24) is 15.0 Å². The highest BCUT2D eigenvalue weighted by molar-refractivity contribution is 6.05. The van der Waals surface area contributed by atoms with Gasteiger partial charge in [0.2, 0.25) is 0 Å². The largest absolute Gasteiger partial charge is 0.507 e. The number of fused-ring (bicyclic) bond motifs is 3. The summed E-state index contributed by atoms with van der Waals surface area (Å²) in [4.78, 5) is 11.5. The number of imidazole rings is 1. The van der Waals surface area contributed by atoms with Crippen LogP contribution in [0, 0.1) is 6.92 Å². The fraction of sp³-hybridized carbons (Fsp3) is 0.0909. The SMILES string of the molecule is Cc1cc(O)c2c(ccc3nc[nH]c32)n1. The number of hydrogen-bond acceptors (Lipinski definition) is 3. The minimum Gasteiger partial charge on any atom is -0.507 e. The van der Waals surface area contributed by atoms with Gasteiger partial charge in [-0.15, -0.1) is 0 Å². The summed E-state index contributed by atoms with van der Waals surface area (Å²) in [5, 5.41) is 10.6. The monoisotopic (exact) mass is 199 g/mol. The van der Waals surface area contributed by atoms with Gasteiger partial charge in [-0.25, -0.2) is 4.98 Å². The number of aryl methyl sites for hydroxylation is 1. The van der Waals surface area contributed by atoms with E-state index in [0.717, 1.165) is 27.6 Å². The molecule has 0 spiro atoms. The minimum atomic E-state index is 0.243. The molecule has 0 aliphatic carbocycles. The molecule has 3 aromatic rings. The van der Waals surface area contributed by atoms with Crippen LogP contribution >= 0.6 is 0 Å². The molecule has 3 rings (SSSR count). The number of rotatable bonds is 0. The Morgan fingerprint density at radius 1 is 1.27 bits per heavy atom. The third-order valence-electron chi connectivity index (χ3n) is 2.47. The Kier molecular flexibility index (Phi) is 1.48. The van der Waals surface area contributed by atoms with E-state index in [-0.39, 0.29) is 5.75 Å². The first-order chi connectivity index (χ1) is 7.25. The second kappa shape index (κ2) is 2.70. The zero-order valence-corrected chi connectivity index (χ0v) is 8.15. The molecule has 0 amide bonds. The van der Waals surface area contributed by atoms with Crippen LogP contribution in [0.5, 0.6) is 5.75 Å². The molecule has 0 radical (unpaired) electrons. The van der Waals surface area contributed by atoms with Crippen molar-refractivity contribution < 1.29 is 5.11 Å². The van der Waals surface area contributed by atoms with Crippen molar-refractivity contribution in [3.63, 3.8) is 0 Å². The summed E-state index contributed by atoms with van der Waals surface area (Å²) in [6.07, 6.45) is 1.61. The zero-order valence-electron chi connectivity index (χ0n) is 8.15. The van der Waals surface area contributed by atoms with Crippen LogP contribution in [0.25, 0.3) is 21.9 Å². The van der Waals surface area contributed by atoms with Gasteiger partial charge in [-0.2, -0.15) is 0 Å². The number of aromatic amines is 1. The Bertz CT molecular complexity index is 657. The molecule has 0 fully saturated rings. The number of H-pyrrole nitrogens is 1. The van der Waals surface area contributed by atoms with Gasteiger partial charge in [0.05, 0.1) is 28.3 Å². The number of pyridine rings is 1. The lowest BCUT2D eigenvalue weighted by atomic mass is 10.1. The first kappa shape index (κ1) is 8.23. The third kappa shape index (κ3) is 1.08. The molecule has 0 bridgehead atoms. The number of nitrogens with one attached hydrogen (secondary N) is 1. The lowest BCUT2D eigenvalue weighted by Crippen LogP contribution is -1.85. The summed E-state index contributed by atoms with van der Waals surface area (Å²) in [5.41, 5.74) is 3.25. The van der Waals surface area contributed by atoms with Gasteiger partial charge >= 0.3 is 0 Å². The normalized spacial score (nSPS) is 11.3. The molecule has 0 saturated heterocycles. The highest BCUT2D eigenvalue weighted by Gasteiger charge is 2.08. The van der Waals surface area contributed by atoms with E-state index in [0.29, 0.717) is 0 Å². The quantitative estimate of drug-likeness (QED) is 0.583. The van der Waals surface area contributed by atoms with Gasteiger partial charge in [-0.3, -0.25) is 4.98 Å². The number of aromatic hydroxyl groups is 1. The van der Waals surface area contributed by atoms with E-state index < -0.39 is 0 Å². The van der Waals surface area contributed by atoms with Gasteiger partial charge in [0.1, 0.15) is 5.75 Å². The molecule has 4 nitrogen and oxygen atoms in total. The van der Waals surface area contributed by atoms with Gasteiger partial charge in [0.15, 0.2) is 0 Å². The predicted octanol–water partition coefficient (Wildman–Crippen LogP) is 2.13. The highest BCUT2D eigenvalue weighted by Crippen LogP contribution is 2.29. The van der Waals surface area contributed by atoms with Gasteiger partial charge in [0.25, 0.3) is 0 Å². The summed E-state index contributed by atoms with van der Waals surface area (Å²) in [6.45, 7) is 1.86. The minimum absolute atomic E-state index is 0.243. The van der Waals surface area contributed by atoms with Crippen molar-refractivity contribution in [2.75, 3.05) is 0 Å². The van der Waals surface area contributed by atoms with Gasteiger partial charge in [-0.1, -0.05) is 0 Å². The fourth-order valence-corrected chi connectivity index (χ4v) is 1.85. The summed E-state index contributed by atoms with van der Waals surface area (Å²) >= 11 is 0. The van der Waals surface area contributed by atoms with E-state index >= 15 is 0 Å². The van der Waals surface area contributed by atoms with Crippen molar-refractivity contribution in [2.24, 2.45) is 0 Å². The van der Waals surface area contributed by atoms with Crippen LogP contribution in [0.4, 0.5) is 0 Å². The van der Waals surface area contributed by atoms with Crippen LogP contribution in [0.15, 0.2) is 24.5 Å². The lowest BCUT2D eigenvalue weighted by molar-refractivity contribution is 0.481. The number of hydrogen-bond donors (Lipinski definition) is 2. The molecule has 0 saturated carbocycles. The molecule has 0 aliphatic heterocycles. The smallest absolute Gasteiger partial charge is 0.128 e. The molecule has 4 heteroatoms. The van der Waals surface area contributed by atoms with E-state index in [1.165, 1.54) is 0 Å². The molecule has 2 N–H and O–H groups in total. The molecule has 74 valence electrons. The Morgan fingerprint density at radius 3 is 2.93 bits per heavy atom. The van der Waals surface area contributed by atoms with Gasteiger partial charge in [-0.05, 0) is 19.1 Å². The van der Waals surface area contributed by atoms with Crippen LogP contribution in [-0.2, 0) is 0 Å². The molecule has 2 heterocycles. The molecule has 0 aliphatic rings. The Balaban J connectivity index is 2.62. The molecule has 2 aromatic heterocycles. The molecular weight excluding hydrogens is 190 g/mol. The molecule has 0 unspecified atom stereocenters. The zero-order chi connectivity index (χ0) is 10.4. The Morgan fingerprint density at radius 2 is 2.07 bits per heavy atom. The Hall–Kier alpha value is -2.10. The summed E-state index contributed by atoms with van der Waals surface area (Å²) < 4.78 is 0. The van der Waals surface area contributed by atoms with Crippen molar-refractivity contribution in [3.8, 4) is 5.75 Å². The van der Waals surface area contributed by atoms with Crippen molar-refractivity contribution in [3.05, 3.63) is 30.2 Å². The van der Waals surface area contributed by atoms with Crippen molar-refractivity contribution >= 4 is 21.9 Å². The number of nitrogens with zero attached hydrogens (tertiary/aromatic N) is 2. The predicted molar refractivity (Wildman–Crippen MR) is 57.8 cm³/mol. The van der Waals surface area contributed by atoms with Gasteiger partial charge < -0.3 is 10.1 Å². The van der Waals surface area contributed by atoms with Crippen molar-refractivity contribution in [1.29, 1.82) is 0 Å². The van der Waals surface area contributed by atoms with E-state index in [4.69, 9.17) is 0 Å². The molecule has 1 aromatic carbocycles. The first-order valence-corrected chi connectivity index (χ1v) is 4.68. The van der Waals surface area contributed by atoms with E-state index in [2.05, 4.69) is 15.0 Å². The maximum Gasteiger partial charge on any atom is 0.128 e. The average Bonchev–Trinajstić information content (AvgIpc) is 2.63. The number of benzene rings is 1. The Labute approximate surface area is 85.6 Å². The average molecular weight is 199 g/mol. The summed E-state index contributed by atoms with van der Waals surface area (Å²) in [6, 6.07) is 5.41. The second-order valence-corrected chi connectivity index (χ2v) is 3.54. The first-order valence-electron chi connectivity index (χ1n) is 4.68. The maximum atomic E-state index is 9.88. The van der Waals surface area contributed by atoms with Crippen LogP contribution in [-0.4, -0.2) is 20.1 Å².